The molecule has 1 aromatic carbocycles. The molecule has 1 unspecified atom stereocenters. The van der Waals surface area contributed by atoms with Crippen molar-refractivity contribution in [2.24, 2.45) is 0 Å². The molecule has 3 N–H and O–H groups in total. The van der Waals surface area contributed by atoms with Gasteiger partial charge in [-0.2, -0.15) is 0 Å². The van der Waals surface area contributed by atoms with E-state index < -0.39 is 66.4 Å². The summed E-state index contributed by atoms with van der Waals surface area (Å²) in [5.41, 5.74) is 0.178. The van der Waals surface area contributed by atoms with Crippen molar-refractivity contribution < 1.29 is 53.8 Å². The summed E-state index contributed by atoms with van der Waals surface area (Å²) < 4.78 is 109. The van der Waals surface area contributed by atoms with Gasteiger partial charge in [-0.05, 0) is 13.3 Å². The summed E-state index contributed by atoms with van der Waals surface area (Å²) in [4.78, 5) is 19.3. The van der Waals surface area contributed by atoms with E-state index in [1.165, 1.54) is 6.92 Å². The molecule has 33 heavy (non-hydrogen) atoms. The van der Waals surface area contributed by atoms with Crippen molar-refractivity contribution in [2.75, 3.05) is 25.5 Å². The van der Waals surface area contributed by atoms with E-state index in [9.17, 15) is 39.8 Å². The molecule has 0 fully saturated rings. The Bertz CT molecular complexity index is 1020. The topological polar surface area (TPSA) is 148 Å². The zero-order valence-corrected chi connectivity index (χ0v) is 19.2. The van der Waals surface area contributed by atoms with Crippen molar-refractivity contribution in [3.63, 3.8) is 0 Å². The van der Waals surface area contributed by atoms with Crippen LogP contribution in [0.3, 0.4) is 0 Å². The molecule has 10 nitrogen and oxygen atoms in total. The number of ether oxygens (including phenoxy) is 2. The zero-order valence-electron chi connectivity index (χ0n) is 16.8. The third kappa shape index (κ3) is 8.58. The van der Waals surface area contributed by atoms with E-state index >= 15 is 0 Å². The standard InChI is InChI=1S/C16H18F4N2O8S3/c1-8(2)15(23)29-6-4-21-16(24)30-5-3-7-31-13-9(17)11(19)14(12(20)10(13)18)33(27,28)22-32(25)26/h22H,1,3-7H2,2H3,(H,21,24)(H,25,26). The number of halogens is 4. The summed E-state index contributed by atoms with van der Waals surface area (Å²) >= 11 is -3.00. The van der Waals surface area contributed by atoms with E-state index in [1.807, 2.05) is 0 Å². The number of esters is 1. The molecule has 17 heteroatoms. The maximum Gasteiger partial charge on any atom is 0.407 e. The normalized spacial score (nSPS) is 12.2. The highest BCUT2D eigenvalue weighted by molar-refractivity contribution is 8.00. The van der Waals surface area contributed by atoms with Crippen molar-refractivity contribution in [3.8, 4) is 0 Å². The van der Waals surface area contributed by atoms with Gasteiger partial charge in [-0.25, -0.2) is 39.8 Å². The average Bonchev–Trinajstić information content (AvgIpc) is 2.70. The molecule has 0 radical (unpaired) electrons. The van der Waals surface area contributed by atoms with Crippen molar-refractivity contribution in [2.45, 2.75) is 23.1 Å². The molecule has 1 aromatic rings. The van der Waals surface area contributed by atoms with Crippen LogP contribution in [0.25, 0.3) is 0 Å². The van der Waals surface area contributed by atoms with Gasteiger partial charge in [0.2, 0.25) is 11.3 Å². The first-order valence-corrected chi connectivity index (χ1v) is 12.2. The lowest BCUT2D eigenvalue weighted by Gasteiger charge is -2.12. The minimum atomic E-state index is -5.38. The Morgan fingerprint density at radius 3 is 2.18 bits per heavy atom. The van der Waals surface area contributed by atoms with Gasteiger partial charge >= 0.3 is 12.1 Å². The van der Waals surface area contributed by atoms with Crippen molar-refractivity contribution in [3.05, 3.63) is 35.4 Å². The smallest absolute Gasteiger partial charge is 0.407 e. The van der Waals surface area contributed by atoms with Crippen LogP contribution >= 0.6 is 11.8 Å². The molecule has 0 aliphatic rings. The minimum Gasteiger partial charge on any atom is -0.460 e. The molecular formula is C16H18F4N2O8S3. The molecule has 1 atom stereocenters. The summed E-state index contributed by atoms with van der Waals surface area (Å²) in [5.74, 6) is -9.44. The molecule has 0 heterocycles. The summed E-state index contributed by atoms with van der Waals surface area (Å²) in [7, 11) is -5.38. The van der Waals surface area contributed by atoms with Crippen LogP contribution in [0.4, 0.5) is 22.4 Å². The first kappa shape index (κ1) is 28.8. The number of benzene rings is 1. The Kier molecular flexibility index (Phi) is 11.2. The van der Waals surface area contributed by atoms with Crippen LogP contribution in [0.5, 0.6) is 0 Å². The van der Waals surface area contributed by atoms with E-state index in [1.54, 1.807) is 0 Å². The molecule has 0 aliphatic heterocycles. The molecule has 0 bridgehead atoms. The number of hydrogen-bond acceptors (Lipinski definition) is 8. The highest BCUT2D eigenvalue weighted by atomic mass is 32.3. The van der Waals surface area contributed by atoms with Crippen molar-refractivity contribution in [1.82, 2.24) is 9.44 Å². The van der Waals surface area contributed by atoms with Gasteiger partial charge < -0.3 is 14.8 Å². The number of carbonyl (C=O) groups is 2. The van der Waals surface area contributed by atoms with Gasteiger partial charge in [0.15, 0.2) is 28.2 Å². The van der Waals surface area contributed by atoms with Crippen LogP contribution in [-0.2, 0) is 35.6 Å². The molecule has 0 aliphatic carbocycles. The van der Waals surface area contributed by atoms with Crippen LogP contribution in [0.2, 0.25) is 0 Å². The largest absolute Gasteiger partial charge is 0.460 e. The highest BCUT2D eigenvalue weighted by Gasteiger charge is 2.34. The molecular weight excluding hydrogens is 520 g/mol. The van der Waals surface area contributed by atoms with Crippen LogP contribution < -0.4 is 9.44 Å². The van der Waals surface area contributed by atoms with Gasteiger partial charge in [0, 0.05) is 11.3 Å². The predicted molar refractivity (Wildman–Crippen MR) is 108 cm³/mol. The maximum absolute atomic E-state index is 14.1. The van der Waals surface area contributed by atoms with Gasteiger partial charge in [-0.1, -0.05) is 6.58 Å². The van der Waals surface area contributed by atoms with E-state index in [2.05, 4.69) is 11.9 Å². The second kappa shape index (κ2) is 12.9. The Morgan fingerprint density at radius 2 is 1.67 bits per heavy atom. The third-order valence-corrected chi connectivity index (χ3v) is 6.84. The quantitative estimate of drug-likeness (QED) is 0.0691. The average molecular weight is 539 g/mol. The van der Waals surface area contributed by atoms with E-state index in [-0.39, 0.29) is 49.3 Å². The number of nitrogens with one attached hydrogen (secondary N) is 2. The second-order valence-corrected chi connectivity index (χ2v) is 9.62. The van der Waals surface area contributed by atoms with Crippen LogP contribution in [-0.4, -0.2) is 54.8 Å². The number of rotatable bonds is 12. The zero-order chi connectivity index (χ0) is 25.3. The number of alkyl carbamates (subject to hydrolysis) is 1. The molecule has 0 spiro atoms. The molecule has 1 rings (SSSR count). The lowest BCUT2D eigenvalue weighted by Crippen LogP contribution is -2.29. The Balaban J connectivity index is 2.61. The monoisotopic (exact) mass is 538 g/mol. The first-order chi connectivity index (χ1) is 15.3. The number of thioether (sulfide) groups is 1. The van der Waals surface area contributed by atoms with Crippen molar-refractivity contribution in [1.29, 1.82) is 0 Å². The van der Waals surface area contributed by atoms with E-state index in [0.717, 1.165) is 4.13 Å². The lowest BCUT2D eigenvalue weighted by atomic mass is 10.3. The number of carbonyl (C=O) groups excluding carboxylic acids is 2. The summed E-state index contributed by atoms with van der Waals surface area (Å²) in [5, 5.41) is 2.26. The summed E-state index contributed by atoms with van der Waals surface area (Å²) in [6.45, 7) is 4.36. The van der Waals surface area contributed by atoms with E-state index in [0.29, 0.717) is 0 Å². The fourth-order valence-corrected chi connectivity index (χ4v) is 4.59. The number of hydrogen-bond donors (Lipinski definition) is 3. The third-order valence-electron chi connectivity index (χ3n) is 3.35. The Hall–Kier alpha value is -2.21. The van der Waals surface area contributed by atoms with Gasteiger partial charge in [0.25, 0.3) is 10.0 Å². The molecule has 1 amide bonds. The fourth-order valence-electron chi connectivity index (χ4n) is 1.96. The lowest BCUT2D eigenvalue weighted by molar-refractivity contribution is -0.138. The number of sulfonamides is 1. The first-order valence-electron chi connectivity index (χ1n) is 8.64. The Labute approximate surface area is 192 Å². The highest BCUT2D eigenvalue weighted by Crippen LogP contribution is 2.33. The summed E-state index contributed by atoms with van der Waals surface area (Å²) in [6, 6.07) is 0. The van der Waals surface area contributed by atoms with Crippen LogP contribution in [0.15, 0.2) is 21.9 Å². The van der Waals surface area contributed by atoms with Gasteiger partial charge in [0.05, 0.1) is 18.0 Å². The van der Waals surface area contributed by atoms with Gasteiger partial charge in [-0.15, -0.1) is 15.9 Å². The second-order valence-electron chi connectivity index (χ2n) is 5.93. The van der Waals surface area contributed by atoms with Crippen LogP contribution in [0.1, 0.15) is 13.3 Å². The fraction of sp³-hybridized carbons (Fsp3) is 0.375. The van der Waals surface area contributed by atoms with Crippen LogP contribution in [0, 0.1) is 23.3 Å². The molecule has 186 valence electrons. The van der Waals surface area contributed by atoms with Gasteiger partial charge in [0.1, 0.15) is 6.61 Å². The van der Waals surface area contributed by atoms with E-state index in [4.69, 9.17) is 14.0 Å². The minimum absolute atomic E-state index is 0.0179. The summed E-state index contributed by atoms with van der Waals surface area (Å²) in [6.07, 6.45) is -0.903. The maximum atomic E-state index is 14.1. The molecule has 0 saturated carbocycles. The Morgan fingerprint density at radius 1 is 1.09 bits per heavy atom. The van der Waals surface area contributed by atoms with Gasteiger partial charge in [-0.3, -0.25) is 4.55 Å². The number of amides is 1. The van der Waals surface area contributed by atoms with Crippen molar-refractivity contribution >= 4 is 45.1 Å². The predicted octanol–water partition coefficient (Wildman–Crippen LogP) is 1.99. The molecule has 0 saturated heterocycles. The molecule has 0 aromatic heterocycles. The SMILES string of the molecule is C=C(C)C(=O)OCCNC(=O)OCCCSc1c(F)c(F)c(S(=O)(=O)NS(=O)O)c(F)c1F.